The molecule has 21 heavy (non-hydrogen) atoms. The zero-order valence-corrected chi connectivity index (χ0v) is 12.8. The van der Waals surface area contributed by atoms with E-state index >= 15 is 0 Å². The molecule has 2 heterocycles. The third-order valence-electron chi connectivity index (χ3n) is 3.00. The summed E-state index contributed by atoms with van der Waals surface area (Å²) in [6.07, 6.45) is 1.67. The van der Waals surface area contributed by atoms with Crippen molar-refractivity contribution in [3.8, 4) is 5.82 Å². The van der Waals surface area contributed by atoms with Gasteiger partial charge in [0.2, 0.25) is 0 Å². The minimum absolute atomic E-state index is 0.161. The molecule has 0 radical (unpaired) electrons. The number of anilines is 1. The third-order valence-corrected chi connectivity index (χ3v) is 3.00. The van der Waals surface area contributed by atoms with E-state index in [0.717, 1.165) is 0 Å². The molecule has 0 amide bonds. The lowest BCUT2D eigenvalue weighted by Crippen LogP contribution is -2.26. The van der Waals surface area contributed by atoms with Crippen LogP contribution in [0.3, 0.4) is 0 Å². The quantitative estimate of drug-likeness (QED) is 0.905. The van der Waals surface area contributed by atoms with Crippen molar-refractivity contribution in [2.24, 2.45) is 0 Å². The number of nitrogens with one attached hydrogen (secondary N) is 1. The van der Waals surface area contributed by atoms with Crippen molar-refractivity contribution in [3.63, 3.8) is 0 Å². The Morgan fingerprint density at radius 3 is 2.57 bits per heavy atom. The molecule has 2 rings (SSSR count). The molecule has 0 unspecified atom stereocenters. The van der Waals surface area contributed by atoms with E-state index in [1.165, 1.54) is 4.57 Å². The van der Waals surface area contributed by atoms with Crippen LogP contribution in [0.25, 0.3) is 5.82 Å². The maximum atomic E-state index is 12.5. The first-order chi connectivity index (χ1) is 9.79. The van der Waals surface area contributed by atoms with E-state index in [4.69, 9.17) is 0 Å². The van der Waals surface area contributed by atoms with E-state index < -0.39 is 5.60 Å². The van der Waals surface area contributed by atoms with Gasteiger partial charge in [0.1, 0.15) is 17.1 Å². The Hall–Kier alpha value is -2.14. The van der Waals surface area contributed by atoms with E-state index in [1.54, 1.807) is 50.4 Å². The molecule has 0 aliphatic carbocycles. The van der Waals surface area contributed by atoms with Crippen molar-refractivity contribution in [2.75, 3.05) is 5.32 Å². The van der Waals surface area contributed by atoms with Crippen LogP contribution in [-0.2, 0) is 5.60 Å². The molecular weight excluding hydrogens is 266 g/mol. The SMILES string of the molecule is CC(C)Nc1cccn(-c2cccc(C(C)(C)O)n2)c1=O. The van der Waals surface area contributed by atoms with Gasteiger partial charge in [-0.05, 0) is 52.0 Å². The molecule has 5 nitrogen and oxygen atoms in total. The van der Waals surface area contributed by atoms with Crippen molar-refractivity contribution in [1.29, 1.82) is 0 Å². The molecule has 0 saturated carbocycles. The lowest BCUT2D eigenvalue weighted by molar-refractivity contribution is 0.0738. The highest BCUT2D eigenvalue weighted by Gasteiger charge is 2.18. The first-order valence-corrected chi connectivity index (χ1v) is 6.97. The fourth-order valence-corrected chi connectivity index (χ4v) is 1.99. The van der Waals surface area contributed by atoms with Crippen molar-refractivity contribution < 1.29 is 5.11 Å². The van der Waals surface area contributed by atoms with Crippen LogP contribution in [0.15, 0.2) is 41.3 Å². The second kappa shape index (κ2) is 5.69. The number of hydrogen-bond acceptors (Lipinski definition) is 4. The normalized spacial score (nSPS) is 11.7. The highest BCUT2D eigenvalue weighted by Crippen LogP contribution is 2.18. The number of aliphatic hydroxyl groups is 1. The van der Waals surface area contributed by atoms with E-state index in [2.05, 4.69) is 10.3 Å². The van der Waals surface area contributed by atoms with Gasteiger partial charge in [-0.1, -0.05) is 6.07 Å². The summed E-state index contributed by atoms with van der Waals surface area (Å²) in [7, 11) is 0. The second-order valence-electron chi connectivity index (χ2n) is 5.84. The molecule has 0 saturated heterocycles. The predicted octanol–water partition coefficient (Wildman–Crippen LogP) is 2.28. The zero-order valence-electron chi connectivity index (χ0n) is 12.8. The molecule has 0 aliphatic heterocycles. The summed E-state index contributed by atoms with van der Waals surface area (Å²) >= 11 is 0. The summed E-state index contributed by atoms with van der Waals surface area (Å²) in [5, 5.41) is 13.2. The van der Waals surface area contributed by atoms with E-state index in [9.17, 15) is 9.90 Å². The Bertz CT molecular complexity index is 684. The van der Waals surface area contributed by atoms with Gasteiger partial charge in [-0.2, -0.15) is 0 Å². The second-order valence-corrected chi connectivity index (χ2v) is 5.84. The Balaban J connectivity index is 2.50. The molecule has 0 aromatic carbocycles. The van der Waals surface area contributed by atoms with Crippen LogP contribution in [0, 0.1) is 0 Å². The predicted molar refractivity (Wildman–Crippen MR) is 83.8 cm³/mol. The standard InChI is InChI=1S/C16H21N3O2/c1-11(2)17-12-7-6-10-19(15(12)20)14-9-5-8-13(18-14)16(3,4)21/h5-11,17,21H,1-4H3. The van der Waals surface area contributed by atoms with Crippen LogP contribution in [0.2, 0.25) is 0 Å². The Labute approximate surface area is 124 Å². The van der Waals surface area contributed by atoms with Crippen LogP contribution < -0.4 is 10.9 Å². The van der Waals surface area contributed by atoms with Gasteiger partial charge < -0.3 is 10.4 Å². The molecule has 2 N–H and O–H groups in total. The van der Waals surface area contributed by atoms with Crippen molar-refractivity contribution in [2.45, 2.75) is 39.3 Å². The summed E-state index contributed by atoms with van der Waals surface area (Å²) < 4.78 is 1.47. The fourth-order valence-electron chi connectivity index (χ4n) is 1.99. The first-order valence-electron chi connectivity index (χ1n) is 6.97. The molecule has 5 heteroatoms. The number of nitrogens with zero attached hydrogens (tertiary/aromatic N) is 2. The topological polar surface area (TPSA) is 67.2 Å². The molecule has 0 aliphatic rings. The molecular formula is C16H21N3O2. The fraction of sp³-hybridized carbons (Fsp3) is 0.375. The first kappa shape index (κ1) is 15.3. The molecule has 0 spiro atoms. The average molecular weight is 287 g/mol. The van der Waals surface area contributed by atoms with Gasteiger partial charge in [0.25, 0.3) is 5.56 Å². The summed E-state index contributed by atoms with van der Waals surface area (Å²) in [6, 6.07) is 8.98. The van der Waals surface area contributed by atoms with Crippen LogP contribution in [-0.4, -0.2) is 20.7 Å². The molecule has 0 atom stereocenters. The van der Waals surface area contributed by atoms with Crippen molar-refractivity contribution >= 4 is 5.69 Å². The maximum absolute atomic E-state index is 12.5. The van der Waals surface area contributed by atoms with Crippen molar-refractivity contribution in [1.82, 2.24) is 9.55 Å². The summed E-state index contributed by atoms with van der Waals surface area (Å²) in [5.74, 6) is 0.493. The largest absolute Gasteiger partial charge is 0.384 e. The maximum Gasteiger partial charge on any atom is 0.279 e. The molecule has 2 aromatic rings. The number of aromatic nitrogens is 2. The summed E-state index contributed by atoms with van der Waals surface area (Å²) in [4.78, 5) is 16.8. The minimum Gasteiger partial charge on any atom is -0.384 e. The molecule has 112 valence electrons. The monoisotopic (exact) mass is 287 g/mol. The number of hydrogen-bond donors (Lipinski definition) is 2. The molecule has 2 aromatic heterocycles. The smallest absolute Gasteiger partial charge is 0.279 e. The van der Waals surface area contributed by atoms with Gasteiger partial charge in [0, 0.05) is 12.2 Å². The van der Waals surface area contributed by atoms with Crippen LogP contribution in [0.4, 0.5) is 5.69 Å². The highest BCUT2D eigenvalue weighted by molar-refractivity contribution is 5.43. The van der Waals surface area contributed by atoms with Crippen LogP contribution in [0.1, 0.15) is 33.4 Å². The lowest BCUT2D eigenvalue weighted by Gasteiger charge is -2.18. The third kappa shape index (κ3) is 3.49. The Kier molecular flexibility index (Phi) is 4.14. The van der Waals surface area contributed by atoms with E-state index in [-0.39, 0.29) is 11.6 Å². The number of pyridine rings is 2. The minimum atomic E-state index is -1.05. The summed E-state index contributed by atoms with van der Waals surface area (Å²) in [5.41, 5.74) is -0.156. The number of rotatable bonds is 4. The molecule has 0 bridgehead atoms. The Morgan fingerprint density at radius 2 is 1.95 bits per heavy atom. The zero-order chi connectivity index (χ0) is 15.6. The van der Waals surface area contributed by atoms with E-state index in [0.29, 0.717) is 17.2 Å². The average Bonchev–Trinajstić information content (AvgIpc) is 2.40. The van der Waals surface area contributed by atoms with Crippen LogP contribution >= 0.6 is 0 Å². The molecule has 0 fully saturated rings. The Morgan fingerprint density at radius 1 is 1.24 bits per heavy atom. The van der Waals surface area contributed by atoms with Gasteiger partial charge in [-0.25, -0.2) is 4.98 Å². The van der Waals surface area contributed by atoms with Crippen molar-refractivity contribution in [3.05, 3.63) is 52.6 Å². The lowest BCUT2D eigenvalue weighted by atomic mass is 10.1. The summed E-state index contributed by atoms with van der Waals surface area (Å²) in [6.45, 7) is 7.28. The van der Waals surface area contributed by atoms with E-state index in [1.807, 2.05) is 13.8 Å². The van der Waals surface area contributed by atoms with Gasteiger partial charge in [0.05, 0.1) is 5.69 Å². The van der Waals surface area contributed by atoms with Gasteiger partial charge >= 0.3 is 0 Å². The van der Waals surface area contributed by atoms with Crippen LogP contribution in [0.5, 0.6) is 0 Å². The highest BCUT2D eigenvalue weighted by atomic mass is 16.3. The van der Waals surface area contributed by atoms with Gasteiger partial charge in [-0.15, -0.1) is 0 Å². The van der Waals surface area contributed by atoms with Gasteiger partial charge in [-0.3, -0.25) is 9.36 Å². The van der Waals surface area contributed by atoms with Gasteiger partial charge in [0.15, 0.2) is 0 Å².